The van der Waals surface area contributed by atoms with Crippen molar-refractivity contribution in [3.05, 3.63) is 55.9 Å². The van der Waals surface area contributed by atoms with Crippen molar-refractivity contribution in [1.82, 2.24) is 0 Å². The molecule has 0 radical (unpaired) electrons. The molecule has 2 aromatic rings. The maximum atomic E-state index is 12.6. The molecule has 0 spiro atoms. The molecule has 1 heterocycles. The van der Waals surface area contributed by atoms with Gasteiger partial charge in [0, 0.05) is 6.07 Å². The van der Waals surface area contributed by atoms with E-state index >= 15 is 0 Å². The highest BCUT2D eigenvalue weighted by Crippen LogP contribution is 2.35. The van der Waals surface area contributed by atoms with Crippen LogP contribution in [-0.2, 0) is 9.47 Å². The fourth-order valence-corrected chi connectivity index (χ4v) is 3.51. The van der Waals surface area contributed by atoms with Gasteiger partial charge in [-0.05, 0) is 25.0 Å². The van der Waals surface area contributed by atoms with E-state index in [1.807, 2.05) is 6.92 Å². The topological polar surface area (TPSA) is 125 Å². The quantitative estimate of drug-likeness (QED) is 0.423. The number of rotatable bonds is 7. The molecular formula is C18H18N2O7S. The number of nitrogens with one attached hydrogen (secondary N) is 1. The van der Waals surface area contributed by atoms with Crippen LogP contribution in [0, 0.1) is 17.0 Å². The van der Waals surface area contributed by atoms with Crippen LogP contribution in [0.1, 0.15) is 49.3 Å². The Labute approximate surface area is 164 Å². The molecule has 148 valence electrons. The van der Waals surface area contributed by atoms with E-state index in [0.717, 1.165) is 11.3 Å². The monoisotopic (exact) mass is 406 g/mol. The lowest BCUT2D eigenvalue weighted by Gasteiger charge is -2.08. The van der Waals surface area contributed by atoms with Crippen LogP contribution in [0.3, 0.4) is 0 Å². The summed E-state index contributed by atoms with van der Waals surface area (Å²) in [7, 11) is 1.20. The van der Waals surface area contributed by atoms with Gasteiger partial charge in [0.15, 0.2) is 0 Å². The van der Waals surface area contributed by atoms with E-state index in [1.54, 1.807) is 0 Å². The number of benzene rings is 1. The lowest BCUT2D eigenvalue weighted by molar-refractivity contribution is -0.385. The molecular weight excluding hydrogens is 388 g/mol. The van der Waals surface area contributed by atoms with Crippen LogP contribution in [0.4, 0.5) is 10.7 Å². The standard InChI is InChI=1S/C18H18N2O7S/c1-4-9-27-17(22)13-10(2)14(18(23)26-3)28-16(13)19-15(21)11-7-5-6-8-12(11)20(24)25/h5-8H,4,9H2,1-3H3,(H,19,21). The molecule has 1 amide bonds. The number of carbonyl (C=O) groups is 3. The molecule has 10 heteroatoms. The number of hydrogen-bond acceptors (Lipinski definition) is 8. The summed E-state index contributed by atoms with van der Waals surface area (Å²) in [6.07, 6.45) is 0.594. The van der Waals surface area contributed by atoms with Gasteiger partial charge in [-0.1, -0.05) is 19.1 Å². The van der Waals surface area contributed by atoms with Gasteiger partial charge >= 0.3 is 11.9 Å². The Balaban J connectivity index is 2.46. The van der Waals surface area contributed by atoms with Crippen molar-refractivity contribution in [1.29, 1.82) is 0 Å². The molecule has 0 aliphatic carbocycles. The number of nitrogens with zero attached hydrogens (tertiary/aromatic N) is 1. The fraction of sp³-hybridized carbons (Fsp3) is 0.278. The van der Waals surface area contributed by atoms with Crippen molar-refractivity contribution in [2.24, 2.45) is 0 Å². The summed E-state index contributed by atoms with van der Waals surface area (Å²) in [5, 5.41) is 13.7. The number of thiophene rings is 1. The normalized spacial score (nSPS) is 10.2. The van der Waals surface area contributed by atoms with Crippen molar-refractivity contribution in [3.63, 3.8) is 0 Å². The maximum absolute atomic E-state index is 12.6. The molecule has 1 aromatic heterocycles. The second-order valence-corrected chi connectivity index (χ2v) is 6.64. The first kappa shape index (κ1) is 21.0. The summed E-state index contributed by atoms with van der Waals surface area (Å²) in [5.74, 6) is -2.16. The Morgan fingerprint density at radius 3 is 2.50 bits per heavy atom. The lowest BCUT2D eigenvalue weighted by Crippen LogP contribution is -2.16. The van der Waals surface area contributed by atoms with Crippen molar-refractivity contribution in [2.45, 2.75) is 20.3 Å². The SMILES string of the molecule is CCCOC(=O)c1c(NC(=O)c2ccccc2[N+](=O)[O-])sc(C(=O)OC)c1C. The number of ether oxygens (including phenoxy) is 2. The third-order valence-electron chi connectivity index (χ3n) is 3.73. The molecule has 0 atom stereocenters. The van der Waals surface area contributed by atoms with E-state index in [1.165, 1.54) is 38.3 Å². The Morgan fingerprint density at radius 1 is 1.21 bits per heavy atom. The zero-order valence-electron chi connectivity index (χ0n) is 15.4. The highest BCUT2D eigenvalue weighted by molar-refractivity contribution is 7.18. The van der Waals surface area contributed by atoms with Gasteiger partial charge in [0.05, 0.1) is 24.2 Å². The van der Waals surface area contributed by atoms with Crippen LogP contribution in [0.15, 0.2) is 24.3 Å². The Kier molecular flexibility index (Phi) is 6.83. The summed E-state index contributed by atoms with van der Waals surface area (Å²) in [6, 6.07) is 5.42. The predicted octanol–water partition coefficient (Wildman–Crippen LogP) is 3.57. The molecule has 0 aliphatic heterocycles. The zero-order valence-corrected chi connectivity index (χ0v) is 16.3. The number of methoxy groups -OCH3 is 1. The smallest absolute Gasteiger partial charge is 0.348 e. The molecule has 0 aliphatic rings. The predicted molar refractivity (Wildman–Crippen MR) is 102 cm³/mol. The molecule has 1 N–H and O–H groups in total. The van der Waals surface area contributed by atoms with Gasteiger partial charge in [-0.3, -0.25) is 14.9 Å². The van der Waals surface area contributed by atoms with Crippen molar-refractivity contribution in [3.8, 4) is 0 Å². The lowest BCUT2D eigenvalue weighted by atomic mass is 10.1. The minimum atomic E-state index is -0.783. The number of esters is 2. The van der Waals surface area contributed by atoms with Crippen LogP contribution in [0.2, 0.25) is 0 Å². The number of amides is 1. The van der Waals surface area contributed by atoms with Gasteiger partial charge in [-0.2, -0.15) is 0 Å². The Morgan fingerprint density at radius 2 is 1.89 bits per heavy atom. The molecule has 0 saturated heterocycles. The highest BCUT2D eigenvalue weighted by atomic mass is 32.1. The summed E-state index contributed by atoms with van der Waals surface area (Å²) >= 11 is 0.841. The average molecular weight is 406 g/mol. The maximum Gasteiger partial charge on any atom is 0.348 e. The Hall–Kier alpha value is -3.27. The highest BCUT2D eigenvalue weighted by Gasteiger charge is 2.28. The Bertz CT molecular complexity index is 936. The molecule has 9 nitrogen and oxygen atoms in total. The molecule has 0 bridgehead atoms. The van der Waals surface area contributed by atoms with Gasteiger partial charge in [0.2, 0.25) is 0 Å². The number of carbonyl (C=O) groups excluding carboxylic acids is 3. The van der Waals surface area contributed by atoms with Gasteiger partial charge in [-0.25, -0.2) is 9.59 Å². The molecule has 0 saturated carbocycles. The largest absolute Gasteiger partial charge is 0.465 e. The van der Waals surface area contributed by atoms with E-state index < -0.39 is 22.8 Å². The number of para-hydroxylation sites is 1. The summed E-state index contributed by atoms with van der Waals surface area (Å²) < 4.78 is 9.83. The number of nitro groups is 1. The van der Waals surface area contributed by atoms with Gasteiger partial charge in [0.1, 0.15) is 15.4 Å². The molecule has 28 heavy (non-hydrogen) atoms. The van der Waals surface area contributed by atoms with Crippen molar-refractivity contribution >= 4 is 39.9 Å². The van der Waals surface area contributed by atoms with Crippen LogP contribution in [0.5, 0.6) is 0 Å². The van der Waals surface area contributed by atoms with Crippen LogP contribution in [0.25, 0.3) is 0 Å². The zero-order chi connectivity index (χ0) is 20.8. The summed E-state index contributed by atoms with van der Waals surface area (Å²) in [6.45, 7) is 3.52. The second-order valence-electron chi connectivity index (χ2n) is 5.62. The first-order valence-corrected chi connectivity index (χ1v) is 9.07. The van der Waals surface area contributed by atoms with E-state index in [2.05, 4.69) is 5.32 Å². The molecule has 2 rings (SSSR count). The van der Waals surface area contributed by atoms with Crippen LogP contribution in [-0.4, -0.2) is 36.5 Å². The minimum absolute atomic E-state index is 0.0192. The van der Waals surface area contributed by atoms with Crippen LogP contribution < -0.4 is 5.32 Å². The number of hydrogen-bond donors (Lipinski definition) is 1. The molecule has 0 unspecified atom stereocenters. The van der Waals surface area contributed by atoms with E-state index in [0.29, 0.717) is 12.0 Å². The first-order chi connectivity index (χ1) is 13.3. The van der Waals surface area contributed by atoms with E-state index in [-0.39, 0.29) is 33.3 Å². The first-order valence-electron chi connectivity index (χ1n) is 8.25. The summed E-state index contributed by atoms with van der Waals surface area (Å²) in [4.78, 5) is 47.6. The molecule has 1 aromatic carbocycles. The number of anilines is 1. The summed E-state index contributed by atoms with van der Waals surface area (Å²) in [5.41, 5.74) is -0.232. The number of nitro benzene ring substituents is 1. The average Bonchev–Trinajstić information content (AvgIpc) is 3.01. The fourth-order valence-electron chi connectivity index (χ4n) is 2.40. The molecule has 0 fully saturated rings. The minimum Gasteiger partial charge on any atom is -0.465 e. The van der Waals surface area contributed by atoms with E-state index in [9.17, 15) is 24.5 Å². The van der Waals surface area contributed by atoms with Gasteiger partial charge < -0.3 is 14.8 Å². The van der Waals surface area contributed by atoms with Crippen molar-refractivity contribution in [2.75, 3.05) is 19.0 Å². The van der Waals surface area contributed by atoms with Gasteiger partial charge in [0.25, 0.3) is 11.6 Å². The second kappa shape index (κ2) is 9.09. The van der Waals surface area contributed by atoms with Crippen LogP contribution >= 0.6 is 11.3 Å². The van der Waals surface area contributed by atoms with Gasteiger partial charge in [-0.15, -0.1) is 11.3 Å². The third-order valence-corrected chi connectivity index (χ3v) is 4.92. The van der Waals surface area contributed by atoms with E-state index in [4.69, 9.17) is 9.47 Å². The third kappa shape index (κ3) is 4.34. The van der Waals surface area contributed by atoms with Crippen molar-refractivity contribution < 1.29 is 28.8 Å².